The molecule has 0 saturated carbocycles. The van der Waals surface area contributed by atoms with Crippen molar-refractivity contribution in [3.8, 4) is 0 Å². The number of piperidine rings is 1. The Morgan fingerprint density at radius 1 is 0.875 bits per heavy atom. The SMILES string of the molecule is CS(=O)(=O)c1ccccc1CN1CCC(N2CCCN(Cc3ccccn3)CC2)CC1.Cl. The summed E-state index contributed by atoms with van der Waals surface area (Å²) in [6, 6.07) is 14.2. The van der Waals surface area contributed by atoms with E-state index in [0.717, 1.165) is 63.4 Å². The number of halogens is 1. The van der Waals surface area contributed by atoms with Crippen LogP contribution in [0.25, 0.3) is 0 Å². The summed E-state index contributed by atoms with van der Waals surface area (Å²) in [5.74, 6) is 0. The third kappa shape index (κ3) is 6.75. The normalized spacial score (nSPS) is 19.9. The number of rotatable bonds is 6. The van der Waals surface area contributed by atoms with Crippen LogP contribution >= 0.6 is 12.4 Å². The molecule has 2 aromatic rings. The Labute approximate surface area is 198 Å². The van der Waals surface area contributed by atoms with E-state index in [0.29, 0.717) is 17.5 Å². The van der Waals surface area contributed by atoms with E-state index in [9.17, 15) is 8.42 Å². The second-order valence-electron chi connectivity index (χ2n) is 8.87. The average Bonchev–Trinajstić information content (AvgIpc) is 3.00. The first-order valence-corrected chi connectivity index (χ1v) is 13.2. The van der Waals surface area contributed by atoms with Gasteiger partial charge in [0.1, 0.15) is 0 Å². The molecule has 0 spiro atoms. The molecule has 2 fully saturated rings. The maximum absolute atomic E-state index is 12.1. The molecule has 2 aliphatic heterocycles. The molecular weight excluding hydrogens is 444 g/mol. The third-order valence-corrected chi connectivity index (χ3v) is 7.77. The van der Waals surface area contributed by atoms with E-state index >= 15 is 0 Å². The molecule has 0 bridgehead atoms. The molecule has 2 saturated heterocycles. The molecule has 0 radical (unpaired) electrons. The second-order valence-corrected chi connectivity index (χ2v) is 10.9. The summed E-state index contributed by atoms with van der Waals surface area (Å²) in [4.78, 5) is 12.6. The lowest BCUT2D eigenvalue weighted by Gasteiger charge is -2.38. The summed E-state index contributed by atoms with van der Waals surface area (Å²) in [6.45, 7) is 8.22. The molecule has 3 heterocycles. The van der Waals surface area contributed by atoms with Crippen molar-refractivity contribution in [2.45, 2.75) is 43.3 Å². The van der Waals surface area contributed by atoms with Crippen molar-refractivity contribution in [1.82, 2.24) is 19.7 Å². The van der Waals surface area contributed by atoms with Gasteiger partial charge in [-0.15, -0.1) is 12.4 Å². The molecule has 4 rings (SSSR count). The number of pyridine rings is 1. The van der Waals surface area contributed by atoms with Gasteiger partial charge < -0.3 is 0 Å². The van der Waals surface area contributed by atoms with Gasteiger partial charge in [0.2, 0.25) is 0 Å². The highest BCUT2D eigenvalue weighted by Crippen LogP contribution is 2.23. The monoisotopic (exact) mass is 478 g/mol. The van der Waals surface area contributed by atoms with Crippen LogP contribution < -0.4 is 0 Å². The van der Waals surface area contributed by atoms with Crippen LogP contribution in [0.4, 0.5) is 0 Å². The molecule has 0 atom stereocenters. The fraction of sp³-hybridized carbons (Fsp3) is 0.542. The quantitative estimate of drug-likeness (QED) is 0.636. The predicted molar refractivity (Wildman–Crippen MR) is 131 cm³/mol. The van der Waals surface area contributed by atoms with Crippen molar-refractivity contribution >= 4 is 22.2 Å². The number of nitrogens with zero attached hydrogens (tertiary/aromatic N) is 4. The first kappa shape index (κ1) is 25.1. The number of sulfone groups is 1. The summed E-state index contributed by atoms with van der Waals surface area (Å²) in [6.07, 6.45) is 6.69. The molecule has 8 heteroatoms. The van der Waals surface area contributed by atoms with Crippen molar-refractivity contribution in [2.75, 3.05) is 45.5 Å². The zero-order valence-electron chi connectivity index (χ0n) is 18.9. The van der Waals surface area contributed by atoms with Gasteiger partial charge in [0.05, 0.1) is 10.6 Å². The summed E-state index contributed by atoms with van der Waals surface area (Å²) in [5, 5.41) is 0. The maximum atomic E-state index is 12.1. The van der Waals surface area contributed by atoms with Crippen LogP contribution in [0.2, 0.25) is 0 Å². The van der Waals surface area contributed by atoms with E-state index in [2.05, 4.69) is 31.8 Å². The van der Waals surface area contributed by atoms with Crippen LogP contribution in [-0.4, -0.2) is 79.7 Å². The van der Waals surface area contributed by atoms with Gasteiger partial charge in [-0.25, -0.2) is 8.42 Å². The summed E-state index contributed by atoms with van der Waals surface area (Å²) in [5.41, 5.74) is 2.07. The average molecular weight is 479 g/mol. The molecule has 1 aromatic heterocycles. The Morgan fingerprint density at radius 2 is 1.59 bits per heavy atom. The Kier molecular flexibility index (Phi) is 9.08. The van der Waals surface area contributed by atoms with Gasteiger partial charge in [0, 0.05) is 44.7 Å². The topological polar surface area (TPSA) is 56.8 Å². The molecule has 1 aromatic carbocycles. The minimum atomic E-state index is -3.19. The van der Waals surface area contributed by atoms with E-state index in [1.807, 2.05) is 30.5 Å². The van der Waals surface area contributed by atoms with Crippen LogP contribution in [-0.2, 0) is 22.9 Å². The second kappa shape index (κ2) is 11.6. The highest BCUT2D eigenvalue weighted by atomic mass is 35.5. The predicted octanol–water partition coefficient (Wildman–Crippen LogP) is 3.08. The fourth-order valence-electron chi connectivity index (χ4n) is 4.91. The lowest BCUT2D eigenvalue weighted by atomic mass is 10.0. The van der Waals surface area contributed by atoms with Gasteiger partial charge in [0.25, 0.3) is 0 Å². The molecule has 0 aliphatic carbocycles. The minimum absolute atomic E-state index is 0. The van der Waals surface area contributed by atoms with Crippen molar-refractivity contribution < 1.29 is 8.42 Å². The minimum Gasteiger partial charge on any atom is -0.299 e. The van der Waals surface area contributed by atoms with Crippen molar-refractivity contribution in [3.63, 3.8) is 0 Å². The third-order valence-electron chi connectivity index (χ3n) is 6.57. The number of aromatic nitrogens is 1. The largest absolute Gasteiger partial charge is 0.299 e. The molecule has 0 amide bonds. The highest BCUT2D eigenvalue weighted by Gasteiger charge is 2.27. The molecule has 176 valence electrons. The van der Waals surface area contributed by atoms with Crippen LogP contribution in [0.1, 0.15) is 30.5 Å². The highest BCUT2D eigenvalue weighted by molar-refractivity contribution is 7.90. The van der Waals surface area contributed by atoms with Gasteiger partial charge in [-0.2, -0.15) is 0 Å². The molecule has 32 heavy (non-hydrogen) atoms. The standard InChI is InChI=1S/C24H34N4O2S.ClH/c1-31(29,30)24-9-3-2-7-21(24)19-27-15-10-23(11-16-27)28-14-6-13-26(17-18-28)20-22-8-4-5-12-25-22;/h2-5,7-9,12,23H,6,10-11,13-20H2,1H3;1H. The molecule has 0 unspecified atom stereocenters. The molecular formula is C24H35ClN4O2S. The Morgan fingerprint density at radius 3 is 2.31 bits per heavy atom. The number of hydrogen-bond donors (Lipinski definition) is 0. The summed E-state index contributed by atoms with van der Waals surface area (Å²) >= 11 is 0. The van der Waals surface area contributed by atoms with Crippen LogP contribution in [0.5, 0.6) is 0 Å². The summed E-state index contributed by atoms with van der Waals surface area (Å²) in [7, 11) is -3.19. The van der Waals surface area contributed by atoms with Crippen molar-refractivity contribution in [3.05, 3.63) is 59.9 Å². The van der Waals surface area contributed by atoms with Gasteiger partial charge in [-0.1, -0.05) is 24.3 Å². The van der Waals surface area contributed by atoms with Gasteiger partial charge >= 0.3 is 0 Å². The smallest absolute Gasteiger partial charge is 0.175 e. The van der Waals surface area contributed by atoms with Gasteiger partial charge in [0.15, 0.2) is 9.84 Å². The van der Waals surface area contributed by atoms with Crippen LogP contribution in [0.3, 0.4) is 0 Å². The molecule has 0 N–H and O–H groups in total. The number of likely N-dealkylation sites (tertiary alicyclic amines) is 1. The maximum Gasteiger partial charge on any atom is 0.175 e. The van der Waals surface area contributed by atoms with E-state index in [1.165, 1.54) is 19.2 Å². The Bertz CT molecular complexity index is 949. The van der Waals surface area contributed by atoms with Gasteiger partial charge in [-0.3, -0.25) is 19.7 Å². The van der Waals surface area contributed by atoms with E-state index in [-0.39, 0.29) is 12.4 Å². The first-order valence-electron chi connectivity index (χ1n) is 11.4. The number of benzene rings is 1. The molecule has 6 nitrogen and oxygen atoms in total. The number of hydrogen-bond acceptors (Lipinski definition) is 6. The van der Waals surface area contributed by atoms with Gasteiger partial charge in [-0.05, 0) is 69.2 Å². The Hall–Kier alpha value is -1.51. The van der Waals surface area contributed by atoms with Crippen LogP contribution in [0, 0.1) is 0 Å². The van der Waals surface area contributed by atoms with E-state index < -0.39 is 9.84 Å². The first-order chi connectivity index (χ1) is 15.0. The van der Waals surface area contributed by atoms with Crippen molar-refractivity contribution in [2.24, 2.45) is 0 Å². The van der Waals surface area contributed by atoms with E-state index in [4.69, 9.17) is 0 Å². The Balaban J connectivity index is 0.00000289. The fourth-order valence-corrected chi connectivity index (χ4v) is 5.85. The molecule has 2 aliphatic rings. The lowest BCUT2D eigenvalue weighted by molar-refractivity contribution is 0.106. The lowest BCUT2D eigenvalue weighted by Crippen LogP contribution is -2.46. The van der Waals surface area contributed by atoms with E-state index in [1.54, 1.807) is 6.07 Å². The summed E-state index contributed by atoms with van der Waals surface area (Å²) < 4.78 is 24.2. The zero-order chi connectivity index (χ0) is 21.7. The zero-order valence-corrected chi connectivity index (χ0v) is 20.5. The van der Waals surface area contributed by atoms with Crippen LogP contribution in [0.15, 0.2) is 53.6 Å². The van der Waals surface area contributed by atoms with Crippen molar-refractivity contribution in [1.29, 1.82) is 0 Å².